The summed E-state index contributed by atoms with van der Waals surface area (Å²) in [6.07, 6.45) is -2.66. The van der Waals surface area contributed by atoms with E-state index in [4.69, 9.17) is 4.74 Å². The lowest BCUT2D eigenvalue weighted by Crippen LogP contribution is -2.46. The number of nitrogens with one attached hydrogen (secondary N) is 1. The molecule has 1 fully saturated rings. The van der Waals surface area contributed by atoms with Crippen LogP contribution in [0, 0.1) is 0 Å². The smallest absolute Gasteiger partial charge is 0.428 e. The molecule has 0 saturated heterocycles. The number of nitrogens with zero attached hydrogens (tertiary/aromatic N) is 2. The molecule has 0 unspecified atom stereocenters. The first kappa shape index (κ1) is 22.3. The van der Waals surface area contributed by atoms with Crippen LogP contribution in [0.1, 0.15) is 54.3 Å². The zero-order valence-electron chi connectivity index (χ0n) is 16.7. The highest BCUT2D eigenvalue weighted by atomic mass is 19.3. The molecule has 0 bridgehead atoms. The molecular formula is C18H23F2N3O6. The number of methoxy groups -OCH3 is 1. The van der Waals surface area contributed by atoms with Crippen molar-refractivity contribution in [2.45, 2.75) is 51.2 Å². The summed E-state index contributed by atoms with van der Waals surface area (Å²) in [6.45, 7) is 4.89. The fraction of sp³-hybridized carbons (Fsp3) is 0.556. The molecule has 9 nitrogen and oxygen atoms in total. The molecule has 1 heterocycles. The second kappa shape index (κ2) is 7.80. The summed E-state index contributed by atoms with van der Waals surface area (Å²) in [5, 5.41) is 0.738. The molecule has 2 amide bonds. The van der Waals surface area contributed by atoms with Gasteiger partial charge >= 0.3 is 12.1 Å². The number of aromatic nitrogens is 1. The van der Waals surface area contributed by atoms with Gasteiger partial charge in [-0.1, -0.05) is 0 Å². The summed E-state index contributed by atoms with van der Waals surface area (Å²) < 4.78 is 37.3. The molecule has 1 saturated carbocycles. The zero-order chi connectivity index (χ0) is 22.1. The van der Waals surface area contributed by atoms with E-state index in [2.05, 4.69) is 10.2 Å². The van der Waals surface area contributed by atoms with Gasteiger partial charge in [-0.2, -0.15) is 0 Å². The summed E-state index contributed by atoms with van der Waals surface area (Å²) in [7, 11) is 2.26. The average Bonchev–Trinajstić information content (AvgIpc) is 3.41. The van der Waals surface area contributed by atoms with Gasteiger partial charge in [0.25, 0.3) is 17.9 Å². The topological polar surface area (TPSA) is 107 Å². The number of pyridine rings is 1. The van der Waals surface area contributed by atoms with Gasteiger partial charge in [-0.25, -0.2) is 23.4 Å². The van der Waals surface area contributed by atoms with Gasteiger partial charge < -0.3 is 14.0 Å². The Bertz CT molecular complexity index is 887. The molecule has 160 valence electrons. The van der Waals surface area contributed by atoms with Gasteiger partial charge in [0, 0.05) is 19.3 Å². The van der Waals surface area contributed by atoms with E-state index in [1.807, 2.05) is 0 Å². The van der Waals surface area contributed by atoms with Crippen LogP contribution < -0.4 is 11.0 Å². The third-order valence-corrected chi connectivity index (χ3v) is 4.29. The first-order chi connectivity index (χ1) is 13.3. The van der Waals surface area contributed by atoms with Crippen LogP contribution in [0.4, 0.5) is 13.6 Å². The van der Waals surface area contributed by atoms with Gasteiger partial charge in [0.2, 0.25) is 0 Å². The predicted octanol–water partition coefficient (Wildman–Crippen LogP) is 1.90. The quantitative estimate of drug-likeness (QED) is 0.595. The van der Waals surface area contributed by atoms with Gasteiger partial charge in [0.05, 0.1) is 18.2 Å². The number of hydrogen-bond donors (Lipinski definition) is 1. The maximum absolute atomic E-state index is 13.4. The zero-order valence-corrected chi connectivity index (χ0v) is 16.7. The summed E-state index contributed by atoms with van der Waals surface area (Å²) >= 11 is 0. The Hall–Kier alpha value is -2.98. The minimum absolute atomic E-state index is 0.0676. The lowest BCUT2D eigenvalue weighted by Gasteiger charge is -2.25. The van der Waals surface area contributed by atoms with Gasteiger partial charge in [-0.15, -0.1) is 0 Å². The molecule has 1 aliphatic carbocycles. The molecule has 0 radical (unpaired) electrons. The van der Waals surface area contributed by atoms with Gasteiger partial charge in [0.15, 0.2) is 0 Å². The lowest BCUT2D eigenvalue weighted by atomic mass is 10.1. The van der Waals surface area contributed by atoms with Gasteiger partial charge in [0.1, 0.15) is 11.1 Å². The molecular weight excluding hydrogens is 392 g/mol. The van der Waals surface area contributed by atoms with Crippen LogP contribution >= 0.6 is 0 Å². The Morgan fingerprint density at radius 1 is 1.24 bits per heavy atom. The number of hydrogen-bond acceptors (Lipinski definition) is 6. The fourth-order valence-electron chi connectivity index (χ4n) is 2.62. The molecule has 1 aromatic rings. The van der Waals surface area contributed by atoms with Crippen LogP contribution in [0.15, 0.2) is 17.1 Å². The number of rotatable bonds is 4. The minimum atomic E-state index is -2.82. The normalized spacial score (nSPS) is 14.9. The third kappa shape index (κ3) is 4.72. The number of halogens is 2. The molecule has 11 heteroatoms. The number of hydrazine groups is 1. The molecule has 0 spiro atoms. The minimum Gasteiger partial charge on any atom is -0.465 e. The second-order valence-corrected chi connectivity index (χ2v) is 7.69. The summed E-state index contributed by atoms with van der Waals surface area (Å²) in [4.78, 5) is 49.1. The predicted molar refractivity (Wildman–Crippen MR) is 96.7 cm³/mol. The van der Waals surface area contributed by atoms with Gasteiger partial charge in [-0.3, -0.25) is 15.0 Å². The SMILES string of the molecule is COC(=O)c1cn(C2(C(F)F)CC2)c(=O)cc1C(=O)NN(C)C(=O)OC(C)(C)C. The highest BCUT2D eigenvalue weighted by Crippen LogP contribution is 2.47. The Balaban J connectivity index is 2.38. The third-order valence-electron chi connectivity index (χ3n) is 4.29. The van der Waals surface area contributed by atoms with Crippen molar-refractivity contribution in [1.82, 2.24) is 15.0 Å². The van der Waals surface area contributed by atoms with Crippen molar-refractivity contribution < 1.29 is 32.6 Å². The molecule has 0 aromatic carbocycles. The van der Waals surface area contributed by atoms with E-state index in [0.29, 0.717) is 0 Å². The van der Waals surface area contributed by atoms with Crippen LogP contribution in [-0.4, -0.2) is 53.7 Å². The van der Waals surface area contributed by atoms with E-state index in [1.165, 1.54) is 7.05 Å². The van der Waals surface area contributed by atoms with Crippen LogP contribution in [0.25, 0.3) is 0 Å². The highest BCUT2D eigenvalue weighted by Gasteiger charge is 2.53. The fourth-order valence-corrected chi connectivity index (χ4v) is 2.62. The number of carbonyl (C=O) groups excluding carboxylic acids is 3. The Morgan fingerprint density at radius 3 is 2.28 bits per heavy atom. The summed E-state index contributed by atoms with van der Waals surface area (Å²) in [5.41, 5.74) is -2.01. The van der Waals surface area contributed by atoms with E-state index < -0.39 is 46.7 Å². The van der Waals surface area contributed by atoms with E-state index in [-0.39, 0.29) is 18.4 Å². The Morgan fingerprint density at radius 2 is 1.83 bits per heavy atom. The number of esters is 1. The van der Waals surface area contributed by atoms with Crippen LogP contribution in [-0.2, 0) is 15.0 Å². The van der Waals surface area contributed by atoms with Crippen LogP contribution in [0.5, 0.6) is 0 Å². The number of carbonyl (C=O) groups is 3. The van der Waals surface area contributed by atoms with E-state index in [9.17, 15) is 28.0 Å². The highest BCUT2D eigenvalue weighted by molar-refractivity contribution is 6.05. The first-order valence-corrected chi connectivity index (χ1v) is 8.74. The Kier molecular flexibility index (Phi) is 6.00. The molecule has 0 aliphatic heterocycles. The van der Waals surface area contributed by atoms with Gasteiger partial charge in [-0.05, 0) is 33.6 Å². The van der Waals surface area contributed by atoms with Crippen molar-refractivity contribution in [3.8, 4) is 0 Å². The molecule has 0 atom stereocenters. The molecule has 1 aliphatic rings. The number of alkyl halides is 2. The number of amides is 2. The van der Waals surface area contributed by atoms with Crippen LogP contribution in [0.3, 0.4) is 0 Å². The maximum atomic E-state index is 13.4. The Labute approximate surface area is 165 Å². The van der Waals surface area contributed by atoms with Crippen molar-refractivity contribution in [2.75, 3.05) is 14.2 Å². The van der Waals surface area contributed by atoms with Crippen LogP contribution in [0.2, 0.25) is 0 Å². The van der Waals surface area contributed by atoms with E-state index in [0.717, 1.165) is 28.9 Å². The molecule has 1 N–H and O–H groups in total. The molecule has 2 rings (SSSR count). The van der Waals surface area contributed by atoms with E-state index >= 15 is 0 Å². The maximum Gasteiger partial charge on any atom is 0.428 e. The van der Waals surface area contributed by atoms with Crippen molar-refractivity contribution >= 4 is 18.0 Å². The monoisotopic (exact) mass is 415 g/mol. The first-order valence-electron chi connectivity index (χ1n) is 8.74. The van der Waals surface area contributed by atoms with Crippen molar-refractivity contribution in [3.05, 3.63) is 33.7 Å². The average molecular weight is 415 g/mol. The van der Waals surface area contributed by atoms with Crippen molar-refractivity contribution in [3.63, 3.8) is 0 Å². The lowest BCUT2D eigenvalue weighted by molar-refractivity contribution is 0.0194. The molecule has 1 aromatic heterocycles. The van der Waals surface area contributed by atoms with Crippen molar-refractivity contribution in [1.29, 1.82) is 0 Å². The standard InChI is InChI=1S/C18H23F2N3O6/c1-17(2,3)29-16(27)22(4)21-13(25)10-8-12(24)23(9-11(10)14(26)28-5)18(6-7-18)15(19)20/h8-9,15H,6-7H2,1-5H3,(H,21,25). The second-order valence-electron chi connectivity index (χ2n) is 7.69. The summed E-state index contributed by atoms with van der Waals surface area (Å²) in [5.74, 6) is -1.97. The molecule has 29 heavy (non-hydrogen) atoms. The largest absolute Gasteiger partial charge is 0.465 e. The summed E-state index contributed by atoms with van der Waals surface area (Å²) in [6, 6.07) is 0.771. The number of ether oxygens (including phenoxy) is 2. The van der Waals surface area contributed by atoms with Crippen molar-refractivity contribution in [2.24, 2.45) is 0 Å². The van der Waals surface area contributed by atoms with E-state index in [1.54, 1.807) is 20.8 Å².